The molecule has 0 fully saturated rings. The lowest BCUT2D eigenvalue weighted by Crippen LogP contribution is -2.10. The van der Waals surface area contributed by atoms with Gasteiger partial charge in [-0.25, -0.2) is 0 Å². The minimum absolute atomic E-state index is 0.888. The topological polar surface area (TPSA) is 16.4 Å². The number of hydrogen-bond acceptors (Lipinski definition) is 3. The van der Waals surface area contributed by atoms with E-state index in [1.54, 1.807) is 0 Å². The Labute approximate surface area is 331 Å². The molecule has 2 heterocycles. The Morgan fingerprint density at radius 2 is 0.667 bits per heavy atom. The van der Waals surface area contributed by atoms with Crippen LogP contribution in [0.1, 0.15) is 0 Å². The number of nitrogens with zero attached hydrogens (tertiary/aromatic N) is 1. The highest BCUT2D eigenvalue weighted by atomic mass is 32.1. The summed E-state index contributed by atoms with van der Waals surface area (Å²) < 4.78 is 8.97. The molecular weight excluding hydrogens is 711 g/mol. The van der Waals surface area contributed by atoms with E-state index >= 15 is 0 Å². The quantitative estimate of drug-likeness (QED) is 0.168. The van der Waals surface area contributed by atoms with Crippen LogP contribution in [0.2, 0.25) is 0 Å². The van der Waals surface area contributed by atoms with Crippen LogP contribution in [0.3, 0.4) is 0 Å². The normalized spacial score (nSPS) is 12.2. The van der Waals surface area contributed by atoms with Crippen LogP contribution in [0.4, 0.5) is 17.1 Å². The highest BCUT2D eigenvalue weighted by Crippen LogP contribution is 2.46. The van der Waals surface area contributed by atoms with Crippen molar-refractivity contribution in [3.8, 4) is 0 Å². The zero-order chi connectivity index (χ0) is 37.2. The molecule has 0 bridgehead atoms. The first-order chi connectivity index (χ1) is 28.2. The second-order valence-corrected chi connectivity index (χ2v) is 16.3. The van der Waals surface area contributed by atoms with Crippen LogP contribution < -0.4 is 4.90 Å². The van der Waals surface area contributed by atoms with Crippen LogP contribution in [0, 0.1) is 0 Å². The number of fused-ring (bicyclic) bond motifs is 18. The Hall–Kier alpha value is -7.20. The molecule has 13 aromatic rings. The van der Waals surface area contributed by atoms with Crippen molar-refractivity contribution in [2.45, 2.75) is 0 Å². The van der Waals surface area contributed by atoms with Gasteiger partial charge >= 0.3 is 0 Å². The van der Waals surface area contributed by atoms with Gasteiger partial charge in [0.15, 0.2) is 0 Å². The first kappa shape index (κ1) is 31.1. The molecule has 0 radical (unpaired) electrons. The molecule has 0 spiro atoms. The highest BCUT2D eigenvalue weighted by molar-refractivity contribution is 7.25. The Balaban J connectivity index is 1.11. The number of furan rings is 1. The average molecular weight is 742 g/mol. The van der Waals surface area contributed by atoms with Gasteiger partial charge < -0.3 is 9.32 Å². The van der Waals surface area contributed by atoms with Crippen LogP contribution in [-0.2, 0) is 0 Å². The summed E-state index contributed by atoms with van der Waals surface area (Å²) in [7, 11) is 0. The first-order valence-corrected chi connectivity index (χ1v) is 20.3. The first-order valence-electron chi connectivity index (χ1n) is 19.5. The van der Waals surface area contributed by atoms with Crippen molar-refractivity contribution in [1.29, 1.82) is 0 Å². The van der Waals surface area contributed by atoms with Gasteiger partial charge in [0.2, 0.25) is 0 Å². The van der Waals surface area contributed by atoms with E-state index in [1.165, 1.54) is 84.8 Å². The number of para-hydroxylation sites is 1. The molecule has 2 aromatic heterocycles. The van der Waals surface area contributed by atoms with Gasteiger partial charge in [0.1, 0.15) is 11.2 Å². The lowest BCUT2D eigenvalue weighted by Gasteiger charge is -2.27. The van der Waals surface area contributed by atoms with E-state index in [0.717, 1.165) is 39.0 Å². The second-order valence-electron chi connectivity index (χ2n) is 15.2. The van der Waals surface area contributed by atoms with Gasteiger partial charge in [-0.15, -0.1) is 11.3 Å². The molecule has 0 aliphatic rings. The van der Waals surface area contributed by atoms with E-state index in [2.05, 4.69) is 187 Å². The summed E-state index contributed by atoms with van der Waals surface area (Å²) in [5.41, 5.74) is 5.07. The molecule has 11 aromatic carbocycles. The summed E-state index contributed by atoms with van der Waals surface area (Å²) in [5.74, 6) is 0. The van der Waals surface area contributed by atoms with Gasteiger partial charge in [-0.05, 0) is 131 Å². The molecule has 0 amide bonds. The summed E-state index contributed by atoms with van der Waals surface area (Å²) >= 11 is 1.88. The number of thiophene rings is 1. The van der Waals surface area contributed by atoms with E-state index in [0.29, 0.717) is 0 Å². The third-order valence-corrected chi connectivity index (χ3v) is 13.3. The molecule has 0 saturated heterocycles. The van der Waals surface area contributed by atoms with Crippen LogP contribution in [0.25, 0.3) is 107 Å². The molecule has 0 unspecified atom stereocenters. The molecule has 13 rings (SSSR count). The highest BCUT2D eigenvalue weighted by Gasteiger charge is 2.20. The van der Waals surface area contributed by atoms with Crippen molar-refractivity contribution in [3.63, 3.8) is 0 Å². The Morgan fingerprint density at radius 3 is 1.28 bits per heavy atom. The average Bonchev–Trinajstić information content (AvgIpc) is 3.84. The molecular formula is C54H31NOS. The summed E-state index contributed by atoms with van der Waals surface area (Å²) in [6.45, 7) is 0. The lowest BCUT2D eigenvalue weighted by atomic mass is 9.92. The fraction of sp³-hybridized carbons (Fsp3) is 0. The van der Waals surface area contributed by atoms with Crippen molar-refractivity contribution < 1.29 is 4.42 Å². The van der Waals surface area contributed by atoms with Crippen molar-refractivity contribution >= 4 is 135 Å². The fourth-order valence-corrected chi connectivity index (χ4v) is 10.8. The molecule has 0 N–H and O–H groups in total. The number of hydrogen-bond donors (Lipinski definition) is 0. The molecule has 57 heavy (non-hydrogen) atoms. The van der Waals surface area contributed by atoms with E-state index in [1.807, 2.05) is 17.4 Å². The molecule has 0 aliphatic carbocycles. The zero-order valence-electron chi connectivity index (χ0n) is 30.7. The molecule has 264 valence electrons. The molecule has 0 saturated carbocycles. The Morgan fingerprint density at radius 1 is 0.263 bits per heavy atom. The van der Waals surface area contributed by atoms with Gasteiger partial charge in [-0.3, -0.25) is 0 Å². The third kappa shape index (κ3) is 4.46. The van der Waals surface area contributed by atoms with E-state index in [-0.39, 0.29) is 0 Å². The van der Waals surface area contributed by atoms with E-state index < -0.39 is 0 Å². The molecule has 0 aliphatic heterocycles. The van der Waals surface area contributed by atoms with Crippen molar-refractivity contribution in [1.82, 2.24) is 0 Å². The number of benzene rings is 11. The van der Waals surface area contributed by atoms with Gasteiger partial charge in [-0.1, -0.05) is 121 Å². The predicted molar refractivity (Wildman–Crippen MR) is 246 cm³/mol. The van der Waals surface area contributed by atoms with Crippen molar-refractivity contribution in [3.05, 3.63) is 188 Å². The molecule has 3 heteroatoms. The van der Waals surface area contributed by atoms with Gasteiger partial charge in [-0.2, -0.15) is 0 Å². The van der Waals surface area contributed by atoms with Crippen LogP contribution in [-0.4, -0.2) is 0 Å². The monoisotopic (exact) mass is 741 g/mol. The SMILES string of the molecule is c1ccc2c(c1)oc1ccc(N(c3ccc4c5ccccc5c5ccccc5c4c3)c3ccc4c(c3)c3ccccc3c3cc5c(cc43)sc3ccccc35)cc12. The predicted octanol–water partition coefficient (Wildman–Crippen LogP) is 16.3. The molecule has 2 nitrogen and oxygen atoms in total. The van der Waals surface area contributed by atoms with Crippen LogP contribution in [0.5, 0.6) is 0 Å². The van der Waals surface area contributed by atoms with E-state index in [4.69, 9.17) is 4.42 Å². The lowest BCUT2D eigenvalue weighted by molar-refractivity contribution is 0.669. The van der Waals surface area contributed by atoms with Crippen molar-refractivity contribution in [2.24, 2.45) is 0 Å². The maximum absolute atomic E-state index is 6.32. The van der Waals surface area contributed by atoms with Crippen LogP contribution >= 0.6 is 11.3 Å². The zero-order valence-corrected chi connectivity index (χ0v) is 31.5. The fourth-order valence-electron chi connectivity index (χ4n) is 9.63. The smallest absolute Gasteiger partial charge is 0.135 e. The Bertz CT molecular complexity index is 3800. The summed E-state index contributed by atoms with van der Waals surface area (Å²) in [6, 6.07) is 69.2. The summed E-state index contributed by atoms with van der Waals surface area (Å²) in [5, 5.41) is 20.1. The van der Waals surface area contributed by atoms with Gasteiger partial charge in [0.05, 0.1) is 0 Å². The maximum Gasteiger partial charge on any atom is 0.135 e. The minimum Gasteiger partial charge on any atom is -0.456 e. The summed E-state index contributed by atoms with van der Waals surface area (Å²) in [6.07, 6.45) is 0. The van der Waals surface area contributed by atoms with Gasteiger partial charge in [0, 0.05) is 48.0 Å². The standard InChI is InChI=1S/C54H31NOS/c1-2-13-37-35(11-1)36-12-3-4-14-38(36)45-27-32(21-24-41(37)45)55(34-23-26-52-49(29-34)43-17-7-9-19-51(43)56-52)33-22-25-42-46(28-33)39-15-5-6-16-40(39)47-30-50-44-18-8-10-20-53(44)57-54(50)31-48(42)47/h1-31H. The van der Waals surface area contributed by atoms with E-state index in [9.17, 15) is 0 Å². The Kier molecular flexibility index (Phi) is 6.35. The largest absolute Gasteiger partial charge is 0.456 e. The number of anilines is 3. The summed E-state index contributed by atoms with van der Waals surface area (Å²) in [4.78, 5) is 2.43. The third-order valence-electron chi connectivity index (χ3n) is 12.2. The van der Waals surface area contributed by atoms with Crippen molar-refractivity contribution in [2.75, 3.05) is 4.90 Å². The van der Waals surface area contributed by atoms with Crippen LogP contribution in [0.15, 0.2) is 192 Å². The van der Waals surface area contributed by atoms with Gasteiger partial charge in [0.25, 0.3) is 0 Å². The minimum atomic E-state index is 0.888. The maximum atomic E-state index is 6.32. The number of rotatable bonds is 3. The molecule has 0 atom stereocenters. The second kappa shape index (κ2) is 11.7.